The van der Waals surface area contributed by atoms with Gasteiger partial charge in [0.1, 0.15) is 0 Å². The van der Waals surface area contributed by atoms with Crippen LogP contribution in [0.25, 0.3) is 0 Å². The number of rotatable bonds is 4. The first kappa shape index (κ1) is 9.51. The second-order valence-electron chi connectivity index (χ2n) is 5.35. The molecule has 1 nitrogen and oxygen atoms in total. The summed E-state index contributed by atoms with van der Waals surface area (Å²) < 4.78 is 0. The average Bonchev–Trinajstić information content (AvgIpc) is 2.81. The fraction of sp³-hybridized carbons (Fsp3) is 1.00. The van der Waals surface area contributed by atoms with E-state index in [1.165, 1.54) is 45.1 Å². The third kappa shape index (κ3) is 2.25. The quantitative estimate of drug-likeness (QED) is 0.703. The molecule has 2 fully saturated rings. The highest BCUT2D eigenvalue weighted by atomic mass is 14.9. The predicted molar refractivity (Wildman–Crippen MR) is 56.8 cm³/mol. The van der Waals surface area contributed by atoms with Crippen LogP contribution in [-0.2, 0) is 0 Å². The maximum Gasteiger partial charge on any atom is 0.00699 e. The van der Waals surface area contributed by atoms with E-state index in [4.69, 9.17) is 0 Å². The molecule has 0 amide bonds. The summed E-state index contributed by atoms with van der Waals surface area (Å²) in [4.78, 5) is 0. The van der Waals surface area contributed by atoms with Crippen LogP contribution in [0, 0.1) is 11.3 Å². The van der Waals surface area contributed by atoms with Crippen LogP contribution >= 0.6 is 0 Å². The Morgan fingerprint density at radius 2 is 2.08 bits per heavy atom. The van der Waals surface area contributed by atoms with E-state index in [1.54, 1.807) is 0 Å². The van der Waals surface area contributed by atoms with Crippen molar-refractivity contribution >= 4 is 0 Å². The Kier molecular flexibility index (Phi) is 2.64. The van der Waals surface area contributed by atoms with Crippen LogP contribution in [-0.4, -0.2) is 12.6 Å². The molecule has 2 saturated carbocycles. The van der Waals surface area contributed by atoms with Crippen LogP contribution < -0.4 is 5.32 Å². The third-order valence-corrected chi connectivity index (χ3v) is 4.17. The van der Waals surface area contributed by atoms with Gasteiger partial charge >= 0.3 is 0 Å². The Balaban J connectivity index is 1.68. The summed E-state index contributed by atoms with van der Waals surface area (Å²) in [5, 5.41) is 3.77. The second kappa shape index (κ2) is 3.61. The van der Waals surface area contributed by atoms with E-state index in [0.29, 0.717) is 0 Å². The fourth-order valence-corrected chi connectivity index (χ4v) is 2.59. The maximum absolute atomic E-state index is 3.77. The first-order valence-electron chi connectivity index (χ1n) is 5.97. The lowest BCUT2D eigenvalue weighted by Crippen LogP contribution is -2.32. The van der Waals surface area contributed by atoms with Crippen molar-refractivity contribution in [1.29, 1.82) is 0 Å². The van der Waals surface area contributed by atoms with Gasteiger partial charge in [-0.15, -0.1) is 0 Å². The molecule has 0 aliphatic heterocycles. The van der Waals surface area contributed by atoms with Crippen molar-refractivity contribution in [2.24, 2.45) is 11.3 Å². The van der Waals surface area contributed by atoms with E-state index in [2.05, 4.69) is 19.2 Å². The van der Waals surface area contributed by atoms with Gasteiger partial charge in [0.05, 0.1) is 0 Å². The monoisotopic (exact) mass is 181 g/mol. The predicted octanol–water partition coefficient (Wildman–Crippen LogP) is 2.95. The second-order valence-corrected chi connectivity index (χ2v) is 5.35. The smallest absolute Gasteiger partial charge is 0.00699 e. The van der Waals surface area contributed by atoms with E-state index in [9.17, 15) is 0 Å². The summed E-state index contributed by atoms with van der Waals surface area (Å²) in [5.41, 5.74) is 0.728. The first-order valence-corrected chi connectivity index (χ1v) is 5.97. The van der Waals surface area contributed by atoms with Gasteiger partial charge < -0.3 is 5.32 Å². The van der Waals surface area contributed by atoms with Gasteiger partial charge in [-0.2, -0.15) is 0 Å². The molecule has 13 heavy (non-hydrogen) atoms. The van der Waals surface area contributed by atoms with Crippen LogP contribution in [0.1, 0.15) is 52.4 Å². The van der Waals surface area contributed by atoms with Crippen LogP contribution in [0.3, 0.4) is 0 Å². The lowest BCUT2D eigenvalue weighted by molar-refractivity contribution is 0.397. The molecule has 1 heteroatoms. The van der Waals surface area contributed by atoms with Gasteiger partial charge in [-0.05, 0) is 49.9 Å². The topological polar surface area (TPSA) is 12.0 Å². The lowest BCUT2D eigenvalue weighted by atomic mass is 10.0. The molecule has 2 aliphatic rings. The van der Waals surface area contributed by atoms with E-state index < -0.39 is 0 Å². The van der Waals surface area contributed by atoms with Crippen molar-refractivity contribution in [2.45, 2.75) is 58.4 Å². The molecule has 0 aromatic rings. The van der Waals surface area contributed by atoms with Gasteiger partial charge in [-0.25, -0.2) is 0 Å². The standard InChI is InChI=1S/C12H23N/c1-3-12(6-7-12)9-13-11-5-4-10(2)8-11/h10-11,13H,3-9H2,1-2H3. The highest BCUT2D eigenvalue weighted by Crippen LogP contribution is 2.48. The third-order valence-electron chi connectivity index (χ3n) is 4.17. The largest absolute Gasteiger partial charge is 0.313 e. The first-order chi connectivity index (χ1) is 6.24. The minimum absolute atomic E-state index is 0.728. The van der Waals surface area contributed by atoms with E-state index in [-0.39, 0.29) is 0 Å². The highest BCUT2D eigenvalue weighted by Gasteiger charge is 2.40. The Labute approximate surface area is 82.3 Å². The number of hydrogen-bond acceptors (Lipinski definition) is 1. The minimum Gasteiger partial charge on any atom is -0.313 e. The van der Waals surface area contributed by atoms with Gasteiger partial charge in [-0.1, -0.05) is 13.8 Å². The zero-order valence-corrected chi connectivity index (χ0v) is 9.10. The lowest BCUT2D eigenvalue weighted by Gasteiger charge is -2.18. The van der Waals surface area contributed by atoms with Crippen LogP contribution in [0.4, 0.5) is 0 Å². The molecule has 2 unspecified atom stereocenters. The Hall–Kier alpha value is -0.0400. The van der Waals surface area contributed by atoms with Crippen molar-refractivity contribution in [1.82, 2.24) is 5.32 Å². The molecular formula is C12H23N. The molecule has 76 valence electrons. The summed E-state index contributed by atoms with van der Waals surface area (Å²) in [6, 6.07) is 0.846. The number of hydrogen-bond donors (Lipinski definition) is 1. The maximum atomic E-state index is 3.77. The molecule has 0 heterocycles. The van der Waals surface area contributed by atoms with Gasteiger partial charge in [0.15, 0.2) is 0 Å². The van der Waals surface area contributed by atoms with Gasteiger partial charge in [0, 0.05) is 12.6 Å². The molecule has 2 aliphatic carbocycles. The molecule has 0 bridgehead atoms. The summed E-state index contributed by atoms with van der Waals surface area (Å²) in [6.07, 6.45) is 8.59. The van der Waals surface area contributed by atoms with E-state index in [0.717, 1.165) is 17.4 Å². The van der Waals surface area contributed by atoms with Gasteiger partial charge in [-0.3, -0.25) is 0 Å². The van der Waals surface area contributed by atoms with Crippen LogP contribution in [0.5, 0.6) is 0 Å². The molecule has 0 spiro atoms. The Morgan fingerprint density at radius 1 is 1.31 bits per heavy atom. The van der Waals surface area contributed by atoms with Crippen LogP contribution in [0.15, 0.2) is 0 Å². The fourth-order valence-electron chi connectivity index (χ4n) is 2.59. The van der Waals surface area contributed by atoms with Crippen molar-refractivity contribution in [3.8, 4) is 0 Å². The Morgan fingerprint density at radius 3 is 2.54 bits per heavy atom. The van der Waals surface area contributed by atoms with E-state index in [1.807, 2.05) is 0 Å². The van der Waals surface area contributed by atoms with Crippen molar-refractivity contribution in [3.05, 3.63) is 0 Å². The molecule has 2 rings (SSSR count). The molecular weight excluding hydrogens is 158 g/mol. The summed E-state index contributed by atoms with van der Waals surface area (Å²) in [6.45, 7) is 6.02. The van der Waals surface area contributed by atoms with Crippen molar-refractivity contribution in [3.63, 3.8) is 0 Å². The molecule has 2 atom stereocenters. The molecule has 0 saturated heterocycles. The van der Waals surface area contributed by atoms with Gasteiger partial charge in [0.2, 0.25) is 0 Å². The summed E-state index contributed by atoms with van der Waals surface area (Å²) in [5.74, 6) is 0.967. The number of nitrogens with one attached hydrogen (secondary N) is 1. The van der Waals surface area contributed by atoms with Crippen molar-refractivity contribution in [2.75, 3.05) is 6.54 Å². The molecule has 1 N–H and O–H groups in total. The zero-order chi connectivity index (χ0) is 9.31. The van der Waals surface area contributed by atoms with Crippen LogP contribution in [0.2, 0.25) is 0 Å². The minimum atomic E-state index is 0.728. The molecule has 0 aromatic carbocycles. The van der Waals surface area contributed by atoms with Crippen molar-refractivity contribution < 1.29 is 0 Å². The molecule has 0 radical (unpaired) electrons. The zero-order valence-electron chi connectivity index (χ0n) is 9.10. The normalized spacial score (nSPS) is 36.5. The highest BCUT2D eigenvalue weighted by molar-refractivity contribution is 4.94. The SMILES string of the molecule is CCC1(CNC2CCC(C)C2)CC1. The average molecular weight is 181 g/mol. The Bertz CT molecular complexity index is 172. The van der Waals surface area contributed by atoms with E-state index >= 15 is 0 Å². The molecule has 0 aromatic heterocycles. The summed E-state index contributed by atoms with van der Waals surface area (Å²) in [7, 11) is 0. The van der Waals surface area contributed by atoms with Gasteiger partial charge in [0.25, 0.3) is 0 Å². The summed E-state index contributed by atoms with van der Waals surface area (Å²) >= 11 is 0.